The van der Waals surface area contributed by atoms with Gasteiger partial charge in [0.2, 0.25) is 5.91 Å². The zero-order chi connectivity index (χ0) is 21.5. The van der Waals surface area contributed by atoms with Crippen LogP contribution in [0.3, 0.4) is 0 Å². The van der Waals surface area contributed by atoms with Crippen LogP contribution in [0, 0.1) is 12.8 Å². The molecule has 0 fully saturated rings. The lowest BCUT2D eigenvalue weighted by Gasteiger charge is -2.10. The number of ether oxygens (including phenoxy) is 2. The molecule has 158 valence electrons. The lowest BCUT2D eigenvalue weighted by atomic mass is 10.1. The minimum absolute atomic E-state index is 0.00735. The van der Waals surface area contributed by atoms with Crippen LogP contribution in [0.4, 0.5) is 5.69 Å². The average Bonchev–Trinajstić information content (AvgIpc) is 3.12. The molecule has 0 bridgehead atoms. The first kappa shape index (κ1) is 21.5. The first-order valence-electron chi connectivity index (χ1n) is 10.0. The van der Waals surface area contributed by atoms with Crippen molar-refractivity contribution >= 4 is 11.6 Å². The minimum atomic E-state index is 0.00735. The quantitative estimate of drug-likeness (QED) is 0.536. The van der Waals surface area contributed by atoms with Gasteiger partial charge in [-0.3, -0.25) is 4.79 Å². The van der Waals surface area contributed by atoms with Crippen LogP contribution in [0.1, 0.15) is 25.8 Å². The molecule has 1 amide bonds. The summed E-state index contributed by atoms with van der Waals surface area (Å²) in [6, 6.07) is 15.8. The van der Waals surface area contributed by atoms with E-state index in [1.54, 1.807) is 11.8 Å². The van der Waals surface area contributed by atoms with Gasteiger partial charge >= 0.3 is 6.01 Å². The van der Waals surface area contributed by atoms with Gasteiger partial charge in [-0.15, -0.1) is 5.10 Å². The van der Waals surface area contributed by atoms with Crippen molar-refractivity contribution in [3.8, 4) is 23.1 Å². The van der Waals surface area contributed by atoms with Crippen LogP contribution < -0.4 is 10.1 Å². The molecule has 1 aromatic heterocycles. The van der Waals surface area contributed by atoms with Crippen molar-refractivity contribution in [1.29, 1.82) is 0 Å². The van der Waals surface area contributed by atoms with E-state index in [1.165, 1.54) is 0 Å². The number of benzene rings is 2. The van der Waals surface area contributed by atoms with Crippen molar-refractivity contribution in [3.05, 3.63) is 54.1 Å². The van der Waals surface area contributed by atoms with E-state index >= 15 is 0 Å². The van der Waals surface area contributed by atoms with Gasteiger partial charge in [0.05, 0.1) is 12.3 Å². The lowest BCUT2D eigenvalue weighted by molar-refractivity contribution is -0.116. The third-order valence-electron chi connectivity index (χ3n) is 4.48. The summed E-state index contributed by atoms with van der Waals surface area (Å²) >= 11 is 0. The monoisotopic (exact) mass is 408 g/mol. The van der Waals surface area contributed by atoms with Crippen LogP contribution in [0.2, 0.25) is 0 Å². The van der Waals surface area contributed by atoms with Crippen LogP contribution >= 0.6 is 0 Å². The molecule has 0 radical (unpaired) electrons. The van der Waals surface area contributed by atoms with Crippen molar-refractivity contribution in [2.24, 2.45) is 5.92 Å². The molecule has 2 aromatic carbocycles. The van der Waals surface area contributed by atoms with Crippen LogP contribution in [-0.2, 0) is 9.53 Å². The van der Waals surface area contributed by atoms with Crippen LogP contribution in [0.5, 0.6) is 6.01 Å². The van der Waals surface area contributed by atoms with Crippen LogP contribution in [0.15, 0.2) is 48.5 Å². The van der Waals surface area contributed by atoms with Crippen molar-refractivity contribution in [2.75, 3.05) is 25.6 Å². The average molecular weight is 409 g/mol. The molecule has 0 saturated heterocycles. The number of hydrogen-bond acceptors (Lipinski definition) is 5. The molecule has 0 atom stereocenters. The van der Waals surface area contributed by atoms with Crippen molar-refractivity contribution in [3.63, 3.8) is 0 Å². The first-order chi connectivity index (χ1) is 14.5. The summed E-state index contributed by atoms with van der Waals surface area (Å²) in [6.07, 6.45) is 0.491. The van der Waals surface area contributed by atoms with Gasteiger partial charge in [0.1, 0.15) is 6.61 Å². The third kappa shape index (κ3) is 5.45. The normalized spacial score (nSPS) is 11.0. The Kier molecular flexibility index (Phi) is 7.19. The summed E-state index contributed by atoms with van der Waals surface area (Å²) in [5.41, 5.74) is 3.63. The van der Waals surface area contributed by atoms with Gasteiger partial charge < -0.3 is 14.8 Å². The van der Waals surface area contributed by atoms with Crippen LogP contribution in [-0.4, -0.2) is 41.0 Å². The molecule has 7 heteroatoms. The maximum Gasteiger partial charge on any atom is 0.336 e. The minimum Gasteiger partial charge on any atom is -0.460 e. The number of carbonyl (C=O) groups excluding carboxylic acids is 1. The van der Waals surface area contributed by atoms with Gasteiger partial charge in [-0.25, -0.2) is 4.68 Å². The molecule has 3 aromatic rings. The van der Waals surface area contributed by atoms with Crippen LogP contribution in [0.25, 0.3) is 17.1 Å². The second kappa shape index (κ2) is 10.0. The Labute approximate surface area is 177 Å². The Morgan fingerprint density at radius 2 is 1.83 bits per heavy atom. The SMILES string of the molecule is COCCOc1nc(-c2ccccc2C)n(-c2ccc(NC(=O)CC(C)C)cc2)n1. The Hall–Kier alpha value is -3.19. The fourth-order valence-electron chi connectivity index (χ4n) is 3.02. The van der Waals surface area contributed by atoms with Gasteiger partial charge in [-0.2, -0.15) is 4.98 Å². The molecule has 1 heterocycles. The van der Waals surface area contributed by atoms with E-state index < -0.39 is 0 Å². The number of carbonyl (C=O) groups is 1. The molecule has 1 N–H and O–H groups in total. The molecule has 0 saturated carbocycles. The third-order valence-corrected chi connectivity index (χ3v) is 4.48. The topological polar surface area (TPSA) is 78.3 Å². The van der Waals surface area contributed by atoms with E-state index in [0.29, 0.717) is 37.4 Å². The molecule has 7 nitrogen and oxygen atoms in total. The molecule has 0 aliphatic heterocycles. The standard InChI is InChI=1S/C23H28N4O3/c1-16(2)15-21(28)24-18-9-11-19(12-10-18)27-22(20-8-6-5-7-17(20)3)25-23(26-27)30-14-13-29-4/h5-12,16H,13-15H2,1-4H3,(H,24,28). The second-order valence-corrected chi connectivity index (χ2v) is 7.48. The number of aromatic nitrogens is 3. The number of amides is 1. The predicted octanol–water partition coefficient (Wildman–Crippen LogP) is 4.25. The molecule has 0 unspecified atom stereocenters. The summed E-state index contributed by atoms with van der Waals surface area (Å²) < 4.78 is 12.4. The first-order valence-corrected chi connectivity index (χ1v) is 10.0. The highest BCUT2D eigenvalue weighted by Gasteiger charge is 2.16. The summed E-state index contributed by atoms with van der Waals surface area (Å²) in [4.78, 5) is 16.6. The highest BCUT2D eigenvalue weighted by atomic mass is 16.5. The zero-order valence-corrected chi connectivity index (χ0v) is 17.9. The number of anilines is 1. The van der Waals surface area contributed by atoms with E-state index in [9.17, 15) is 4.79 Å². The number of nitrogens with zero attached hydrogens (tertiary/aromatic N) is 3. The predicted molar refractivity (Wildman–Crippen MR) is 117 cm³/mol. The number of methoxy groups -OCH3 is 1. The fourth-order valence-corrected chi connectivity index (χ4v) is 3.02. The van der Waals surface area contributed by atoms with Gasteiger partial charge in [0.25, 0.3) is 0 Å². The highest BCUT2D eigenvalue weighted by Crippen LogP contribution is 2.26. The molecular weight excluding hydrogens is 380 g/mol. The summed E-state index contributed by atoms with van der Waals surface area (Å²) in [5, 5.41) is 7.46. The zero-order valence-electron chi connectivity index (χ0n) is 17.9. The molecule has 0 aliphatic rings. The molecule has 30 heavy (non-hydrogen) atoms. The van der Waals surface area contributed by atoms with E-state index in [2.05, 4.69) is 15.4 Å². The summed E-state index contributed by atoms with van der Waals surface area (Å²) in [7, 11) is 1.62. The van der Waals surface area contributed by atoms with E-state index in [0.717, 1.165) is 22.5 Å². The van der Waals surface area contributed by atoms with Gasteiger partial charge in [-0.1, -0.05) is 38.1 Å². The Balaban J connectivity index is 1.90. The Morgan fingerprint density at radius 1 is 1.10 bits per heavy atom. The molecule has 3 rings (SSSR count). The fraction of sp³-hybridized carbons (Fsp3) is 0.348. The van der Waals surface area contributed by atoms with E-state index in [1.807, 2.05) is 69.3 Å². The highest BCUT2D eigenvalue weighted by molar-refractivity contribution is 5.90. The maximum absolute atomic E-state index is 12.0. The molecule has 0 spiro atoms. The summed E-state index contributed by atoms with van der Waals surface area (Å²) in [5.74, 6) is 1.01. The Bertz CT molecular complexity index is 980. The van der Waals surface area contributed by atoms with Crippen molar-refractivity contribution < 1.29 is 14.3 Å². The lowest BCUT2D eigenvalue weighted by Crippen LogP contribution is -2.13. The second-order valence-electron chi connectivity index (χ2n) is 7.48. The van der Waals surface area contributed by atoms with Gasteiger partial charge in [0.15, 0.2) is 5.82 Å². The van der Waals surface area contributed by atoms with Crippen molar-refractivity contribution in [2.45, 2.75) is 27.2 Å². The number of hydrogen-bond donors (Lipinski definition) is 1. The number of aryl methyl sites for hydroxylation is 1. The Morgan fingerprint density at radius 3 is 2.50 bits per heavy atom. The number of nitrogens with one attached hydrogen (secondary N) is 1. The summed E-state index contributed by atoms with van der Waals surface area (Å²) in [6.45, 7) is 6.90. The smallest absolute Gasteiger partial charge is 0.336 e. The van der Waals surface area contributed by atoms with E-state index in [4.69, 9.17) is 9.47 Å². The van der Waals surface area contributed by atoms with Crippen molar-refractivity contribution in [1.82, 2.24) is 14.8 Å². The van der Waals surface area contributed by atoms with Gasteiger partial charge in [-0.05, 0) is 42.7 Å². The maximum atomic E-state index is 12.0. The van der Waals surface area contributed by atoms with E-state index in [-0.39, 0.29) is 5.91 Å². The molecule has 0 aliphatic carbocycles. The van der Waals surface area contributed by atoms with Gasteiger partial charge in [0, 0.05) is 24.8 Å². The largest absolute Gasteiger partial charge is 0.460 e. The number of rotatable bonds is 9. The molecular formula is C23H28N4O3.